The Balaban J connectivity index is 1.85. The molecule has 0 fully saturated rings. The molecule has 5 nitrogen and oxygen atoms in total. The molecular formula is C20H16N2O3. The summed E-state index contributed by atoms with van der Waals surface area (Å²) in [6.45, 7) is 4.22. The molecule has 2 amide bonds. The molecule has 0 aliphatic carbocycles. The van der Waals surface area contributed by atoms with Crippen molar-refractivity contribution in [2.45, 2.75) is 13.8 Å². The molecule has 25 heavy (non-hydrogen) atoms. The van der Waals surface area contributed by atoms with Crippen molar-refractivity contribution in [2.24, 2.45) is 0 Å². The van der Waals surface area contributed by atoms with E-state index in [0.29, 0.717) is 45.8 Å². The van der Waals surface area contributed by atoms with E-state index in [1.54, 1.807) is 31.2 Å². The molecule has 4 rings (SSSR count). The fourth-order valence-corrected chi connectivity index (χ4v) is 3.23. The summed E-state index contributed by atoms with van der Waals surface area (Å²) in [4.78, 5) is 31.6. The van der Waals surface area contributed by atoms with Gasteiger partial charge >= 0.3 is 0 Å². The molecular weight excluding hydrogens is 316 g/mol. The minimum Gasteiger partial charge on any atom is -0.494 e. The standard InChI is InChI=1S/C20H16N2O3/c1-3-25-14-10-8-13(9-11-14)22-19(23)17-12(2)21-16-7-5-4-6-15(16)18(17)20(22)24/h4-11H,3H2,1-2H3. The number of benzene rings is 2. The summed E-state index contributed by atoms with van der Waals surface area (Å²) in [6, 6.07) is 14.3. The molecule has 2 aromatic carbocycles. The van der Waals surface area contributed by atoms with Crippen molar-refractivity contribution in [1.82, 2.24) is 4.98 Å². The molecule has 0 saturated heterocycles. The molecule has 1 aromatic heterocycles. The Morgan fingerprint density at radius 1 is 0.960 bits per heavy atom. The SMILES string of the molecule is CCOc1ccc(N2C(=O)c3c(C)nc4ccccc4c3C2=O)cc1. The molecule has 1 aliphatic rings. The number of imide groups is 1. The Morgan fingerprint density at radius 3 is 2.36 bits per heavy atom. The lowest BCUT2D eigenvalue weighted by atomic mass is 10.0. The quantitative estimate of drug-likeness (QED) is 0.686. The van der Waals surface area contributed by atoms with Gasteiger partial charge < -0.3 is 4.74 Å². The molecule has 0 radical (unpaired) electrons. The van der Waals surface area contributed by atoms with Gasteiger partial charge in [0.25, 0.3) is 11.8 Å². The molecule has 124 valence electrons. The number of carbonyl (C=O) groups is 2. The maximum atomic E-state index is 13.0. The Hall–Kier alpha value is -3.21. The predicted molar refractivity (Wildman–Crippen MR) is 95.2 cm³/mol. The van der Waals surface area contributed by atoms with E-state index in [9.17, 15) is 9.59 Å². The summed E-state index contributed by atoms with van der Waals surface area (Å²) >= 11 is 0. The van der Waals surface area contributed by atoms with Crippen LogP contribution in [0.4, 0.5) is 5.69 Å². The number of fused-ring (bicyclic) bond motifs is 3. The maximum absolute atomic E-state index is 13.0. The predicted octanol–water partition coefficient (Wildman–Crippen LogP) is 3.74. The second-order valence-electron chi connectivity index (χ2n) is 5.84. The first kappa shape index (κ1) is 15.3. The Kier molecular flexibility index (Phi) is 3.50. The van der Waals surface area contributed by atoms with E-state index in [4.69, 9.17) is 4.74 Å². The van der Waals surface area contributed by atoms with Crippen molar-refractivity contribution < 1.29 is 14.3 Å². The highest BCUT2D eigenvalue weighted by Gasteiger charge is 2.39. The van der Waals surface area contributed by atoms with Crippen LogP contribution in [0.1, 0.15) is 33.3 Å². The highest BCUT2D eigenvalue weighted by Crippen LogP contribution is 2.34. The molecule has 0 spiro atoms. The summed E-state index contributed by atoms with van der Waals surface area (Å²) in [5, 5.41) is 0.704. The van der Waals surface area contributed by atoms with Gasteiger partial charge in [-0.05, 0) is 44.2 Å². The summed E-state index contributed by atoms with van der Waals surface area (Å²) in [5.41, 5.74) is 2.63. The Morgan fingerprint density at radius 2 is 1.64 bits per heavy atom. The highest BCUT2D eigenvalue weighted by molar-refractivity contribution is 6.37. The van der Waals surface area contributed by atoms with Crippen LogP contribution >= 0.6 is 0 Å². The van der Waals surface area contributed by atoms with Gasteiger partial charge in [0.1, 0.15) is 5.75 Å². The number of ether oxygens (including phenoxy) is 1. The van der Waals surface area contributed by atoms with Crippen LogP contribution in [-0.2, 0) is 0 Å². The highest BCUT2D eigenvalue weighted by atomic mass is 16.5. The van der Waals surface area contributed by atoms with Crippen molar-refractivity contribution in [1.29, 1.82) is 0 Å². The van der Waals surface area contributed by atoms with Gasteiger partial charge in [0.2, 0.25) is 0 Å². The van der Waals surface area contributed by atoms with Gasteiger partial charge in [-0.25, -0.2) is 4.90 Å². The van der Waals surface area contributed by atoms with Gasteiger partial charge in [-0.2, -0.15) is 0 Å². The van der Waals surface area contributed by atoms with Crippen molar-refractivity contribution >= 4 is 28.4 Å². The van der Waals surface area contributed by atoms with Crippen molar-refractivity contribution in [3.8, 4) is 5.75 Å². The number of anilines is 1. The number of amides is 2. The molecule has 0 unspecified atom stereocenters. The summed E-state index contributed by atoms with van der Waals surface area (Å²) in [7, 11) is 0. The number of aromatic nitrogens is 1. The largest absolute Gasteiger partial charge is 0.494 e. The van der Waals surface area contributed by atoms with Gasteiger partial charge in [-0.1, -0.05) is 18.2 Å². The first-order valence-corrected chi connectivity index (χ1v) is 8.12. The monoisotopic (exact) mass is 332 g/mol. The molecule has 0 atom stereocenters. The molecule has 1 aliphatic heterocycles. The minimum absolute atomic E-state index is 0.314. The van der Waals surface area contributed by atoms with E-state index < -0.39 is 0 Å². The topological polar surface area (TPSA) is 59.5 Å². The Bertz CT molecular complexity index is 1010. The van der Waals surface area contributed by atoms with Crippen LogP contribution in [-0.4, -0.2) is 23.4 Å². The lowest BCUT2D eigenvalue weighted by Gasteiger charge is -2.14. The first-order chi connectivity index (χ1) is 12.1. The maximum Gasteiger partial charge on any atom is 0.268 e. The zero-order valence-corrected chi connectivity index (χ0v) is 13.9. The lowest BCUT2D eigenvalue weighted by Crippen LogP contribution is -2.29. The van der Waals surface area contributed by atoms with Crippen molar-refractivity contribution in [3.63, 3.8) is 0 Å². The number of rotatable bonds is 3. The van der Waals surface area contributed by atoms with Crippen LogP contribution in [0.25, 0.3) is 10.9 Å². The number of nitrogens with zero attached hydrogens (tertiary/aromatic N) is 2. The van der Waals surface area contributed by atoms with Gasteiger partial charge in [0, 0.05) is 5.39 Å². The third-order valence-corrected chi connectivity index (χ3v) is 4.31. The van der Waals surface area contributed by atoms with Gasteiger partial charge in [-0.15, -0.1) is 0 Å². The first-order valence-electron chi connectivity index (χ1n) is 8.12. The average Bonchev–Trinajstić information content (AvgIpc) is 2.88. The minimum atomic E-state index is -0.333. The van der Waals surface area contributed by atoms with Gasteiger partial charge in [0.05, 0.1) is 34.6 Å². The van der Waals surface area contributed by atoms with Crippen molar-refractivity contribution in [3.05, 3.63) is 65.4 Å². The average molecular weight is 332 g/mol. The van der Waals surface area contributed by atoms with E-state index >= 15 is 0 Å². The summed E-state index contributed by atoms with van der Waals surface area (Å²) in [6.07, 6.45) is 0. The lowest BCUT2D eigenvalue weighted by molar-refractivity contribution is 0.0926. The van der Waals surface area contributed by atoms with E-state index in [1.807, 2.05) is 31.2 Å². The molecule has 0 bridgehead atoms. The van der Waals surface area contributed by atoms with Crippen LogP contribution in [0.2, 0.25) is 0 Å². The number of aryl methyl sites for hydroxylation is 1. The van der Waals surface area contributed by atoms with E-state index in [2.05, 4.69) is 4.98 Å². The van der Waals surface area contributed by atoms with E-state index in [0.717, 1.165) is 0 Å². The van der Waals surface area contributed by atoms with Crippen molar-refractivity contribution in [2.75, 3.05) is 11.5 Å². The second kappa shape index (κ2) is 5.70. The fraction of sp³-hybridized carbons (Fsp3) is 0.150. The molecule has 0 saturated carbocycles. The van der Waals surface area contributed by atoms with Crippen LogP contribution in [0, 0.1) is 6.92 Å². The summed E-state index contributed by atoms with van der Waals surface area (Å²) < 4.78 is 5.42. The van der Waals surface area contributed by atoms with Crippen LogP contribution in [0.5, 0.6) is 5.75 Å². The molecule has 0 N–H and O–H groups in total. The van der Waals surface area contributed by atoms with Crippen LogP contribution < -0.4 is 9.64 Å². The number of hydrogen-bond donors (Lipinski definition) is 0. The smallest absolute Gasteiger partial charge is 0.268 e. The summed E-state index contributed by atoms with van der Waals surface area (Å²) in [5.74, 6) is 0.0527. The van der Waals surface area contributed by atoms with E-state index in [1.165, 1.54) is 4.90 Å². The third-order valence-electron chi connectivity index (χ3n) is 4.31. The molecule has 3 aromatic rings. The zero-order valence-electron chi connectivity index (χ0n) is 13.9. The number of carbonyl (C=O) groups excluding carboxylic acids is 2. The van der Waals surface area contributed by atoms with Crippen LogP contribution in [0.3, 0.4) is 0 Å². The zero-order chi connectivity index (χ0) is 17.6. The molecule has 2 heterocycles. The number of pyridine rings is 1. The number of para-hydroxylation sites is 1. The Labute approximate surface area is 144 Å². The van der Waals surface area contributed by atoms with E-state index in [-0.39, 0.29) is 11.8 Å². The third kappa shape index (κ3) is 2.28. The van der Waals surface area contributed by atoms with Crippen LogP contribution in [0.15, 0.2) is 48.5 Å². The van der Waals surface area contributed by atoms with Gasteiger partial charge in [0.15, 0.2) is 0 Å². The second-order valence-corrected chi connectivity index (χ2v) is 5.84. The number of hydrogen-bond acceptors (Lipinski definition) is 4. The van der Waals surface area contributed by atoms with Gasteiger partial charge in [-0.3, -0.25) is 14.6 Å². The normalized spacial score (nSPS) is 13.4. The fourth-order valence-electron chi connectivity index (χ4n) is 3.23. The molecule has 5 heteroatoms.